The van der Waals surface area contributed by atoms with Crippen molar-refractivity contribution in [3.8, 4) is 0 Å². The maximum Gasteiger partial charge on any atom is 0.256 e. The third-order valence-corrected chi connectivity index (χ3v) is 4.69. The second kappa shape index (κ2) is 4.76. The van der Waals surface area contributed by atoms with Crippen LogP contribution < -0.4 is 4.90 Å². The van der Waals surface area contributed by atoms with Crippen LogP contribution in [-0.4, -0.2) is 28.5 Å². The number of hydrogen-bond acceptors (Lipinski definition) is 2. The number of amides is 1. The molecule has 1 amide bonds. The van der Waals surface area contributed by atoms with E-state index in [1.54, 1.807) is 4.90 Å². The Bertz CT molecular complexity index is 536. The largest absolute Gasteiger partial charge is 0.336 e. The number of aryl methyl sites for hydroxylation is 1. The molecule has 5 heteroatoms. The van der Waals surface area contributed by atoms with Gasteiger partial charge in [0.2, 0.25) is 0 Å². The molecule has 1 aromatic rings. The fourth-order valence-corrected chi connectivity index (χ4v) is 3.33. The van der Waals surface area contributed by atoms with E-state index in [4.69, 9.17) is 23.8 Å². The fraction of sp³-hybridized carbons (Fsp3) is 0.429. The van der Waals surface area contributed by atoms with Crippen molar-refractivity contribution in [3.05, 3.63) is 28.8 Å². The minimum Gasteiger partial charge on any atom is -0.336 e. The minimum absolute atomic E-state index is 0.0581. The number of rotatable bonds is 1. The van der Waals surface area contributed by atoms with E-state index >= 15 is 0 Å². The van der Waals surface area contributed by atoms with Crippen LogP contribution >= 0.6 is 23.8 Å². The van der Waals surface area contributed by atoms with Gasteiger partial charge in [-0.2, -0.15) is 0 Å². The molecule has 0 N–H and O–H groups in total. The van der Waals surface area contributed by atoms with Crippen LogP contribution in [0.1, 0.15) is 24.8 Å². The number of hydrogen-bond donors (Lipinski definition) is 0. The summed E-state index contributed by atoms with van der Waals surface area (Å²) in [4.78, 5) is 16.2. The first-order chi connectivity index (χ1) is 9.09. The van der Waals surface area contributed by atoms with Crippen LogP contribution in [0, 0.1) is 6.92 Å². The molecule has 3 nitrogen and oxygen atoms in total. The smallest absolute Gasteiger partial charge is 0.256 e. The summed E-state index contributed by atoms with van der Waals surface area (Å²) >= 11 is 11.5. The zero-order chi connectivity index (χ0) is 13.6. The van der Waals surface area contributed by atoms with E-state index in [9.17, 15) is 4.79 Å². The standard InChI is InChI=1S/C14H15ClN2OS/c1-9-8-10(5-6-11(9)15)17-13(18)12-4-2-3-7-16(12)14(17)19/h5-6,8,12H,2-4,7H2,1H3. The third kappa shape index (κ3) is 2.03. The van der Waals surface area contributed by atoms with Gasteiger partial charge in [0.05, 0.1) is 5.69 Å². The summed E-state index contributed by atoms with van der Waals surface area (Å²) in [5.74, 6) is 0.103. The highest BCUT2D eigenvalue weighted by Gasteiger charge is 2.43. The Morgan fingerprint density at radius 3 is 2.84 bits per heavy atom. The Kier molecular flexibility index (Phi) is 3.23. The molecule has 0 aromatic heterocycles. The van der Waals surface area contributed by atoms with Gasteiger partial charge in [0, 0.05) is 11.6 Å². The van der Waals surface area contributed by atoms with E-state index in [1.807, 2.05) is 25.1 Å². The molecular weight excluding hydrogens is 280 g/mol. The Morgan fingerprint density at radius 1 is 1.37 bits per heavy atom. The quantitative estimate of drug-likeness (QED) is 0.744. The number of nitrogens with zero attached hydrogens (tertiary/aromatic N) is 2. The molecule has 100 valence electrons. The summed E-state index contributed by atoms with van der Waals surface area (Å²) in [5, 5.41) is 1.34. The van der Waals surface area contributed by atoms with Crippen molar-refractivity contribution in [1.82, 2.24) is 4.90 Å². The molecule has 1 unspecified atom stereocenters. The monoisotopic (exact) mass is 294 g/mol. The number of thiocarbonyl (C=S) groups is 1. The molecule has 0 spiro atoms. The van der Waals surface area contributed by atoms with Crippen LogP contribution in [-0.2, 0) is 4.79 Å². The van der Waals surface area contributed by atoms with Crippen molar-refractivity contribution in [2.75, 3.05) is 11.4 Å². The van der Waals surface area contributed by atoms with Crippen molar-refractivity contribution in [2.24, 2.45) is 0 Å². The maximum atomic E-state index is 12.5. The number of benzene rings is 1. The molecule has 0 bridgehead atoms. The SMILES string of the molecule is Cc1cc(N2C(=O)C3CCCCN3C2=S)ccc1Cl. The van der Waals surface area contributed by atoms with Gasteiger partial charge in [0.25, 0.3) is 5.91 Å². The van der Waals surface area contributed by atoms with Crippen molar-refractivity contribution in [3.63, 3.8) is 0 Å². The summed E-state index contributed by atoms with van der Waals surface area (Å²) in [6.45, 7) is 2.82. The molecule has 2 saturated heterocycles. The first-order valence-corrected chi connectivity index (χ1v) is 7.29. The number of halogens is 1. The van der Waals surface area contributed by atoms with Gasteiger partial charge in [0.15, 0.2) is 5.11 Å². The zero-order valence-corrected chi connectivity index (χ0v) is 12.3. The molecular formula is C14H15ClN2OS. The van der Waals surface area contributed by atoms with Crippen LogP contribution in [0.5, 0.6) is 0 Å². The van der Waals surface area contributed by atoms with Crippen LogP contribution in [0.4, 0.5) is 5.69 Å². The van der Waals surface area contributed by atoms with E-state index < -0.39 is 0 Å². The predicted octanol–water partition coefficient (Wildman–Crippen LogP) is 3.13. The lowest BCUT2D eigenvalue weighted by Crippen LogP contribution is -2.38. The first-order valence-electron chi connectivity index (χ1n) is 6.50. The van der Waals surface area contributed by atoms with Gasteiger partial charge in [-0.1, -0.05) is 11.6 Å². The Balaban J connectivity index is 1.98. The summed E-state index contributed by atoms with van der Waals surface area (Å²) in [6, 6.07) is 5.54. The van der Waals surface area contributed by atoms with E-state index in [1.165, 1.54) is 0 Å². The van der Waals surface area contributed by atoms with Gasteiger partial charge in [-0.05, 0) is 62.2 Å². The predicted molar refractivity (Wildman–Crippen MR) is 80.6 cm³/mol. The van der Waals surface area contributed by atoms with Crippen molar-refractivity contribution >= 4 is 40.5 Å². The van der Waals surface area contributed by atoms with Gasteiger partial charge in [0.1, 0.15) is 6.04 Å². The highest BCUT2D eigenvalue weighted by Crippen LogP contribution is 2.32. The third-order valence-electron chi connectivity index (χ3n) is 3.84. The van der Waals surface area contributed by atoms with Crippen LogP contribution in [0.3, 0.4) is 0 Å². The molecule has 1 aromatic carbocycles. The van der Waals surface area contributed by atoms with Crippen LogP contribution in [0.25, 0.3) is 0 Å². The van der Waals surface area contributed by atoms with Gasteiger partial charge in [-0.15, -0.1) is 0 Å². The molecule has 1 atom stereocenters. The van der Waals surface area contributed by atoms with Crippen LogP contribution in [0.15, 0.2) is 18.2 Å². The van der Waals surface area contributed by atoms with Gasteiger partial charge < -0.3 is 4.90 Å². The van der Waals surface area contributed by atoms with E-state index in [0.29, 0.717) is 10.1 Å². The highest BCUT2D eigenvalue weighted by atomic mass is 35.5. The molecule has 19 heavy (non-hydrogen) atoms. The van der Waals surface area contributed by atoms with Gasteiger partial charge in [-0.3, -0.25) is 9.69 Å². The number of piperidine rings is 1. The van der Waals surface area contributed by atoms with Crippen molar-refractivity contribution < 1.29 is 4.79 Å². The van der Waals surface area contributed by atoms with Gasteiger partial charge in [-0.25, -0.2) is 0 Å². The van der Waals surface area contributed by atoms with E-state index in [2.05, 4.69) is 4.90 Å². The molecule has 0 aliphatic carbocycles. The zero-order valence-electron chi connectivity index (χ0n) is 10.7. The lowest BCUT2D eigenvalue weighted by molar-refractivity contribution is -0.120. The number of anilines is 1. The molecule has 3 rings (SSSR count). The highest BCUT2D eigenvalue weighted by molar-refractivity contribution is 7.80. The molecule has 2 fully saturated rings. The average Bonchev–Trinajstić information content (AvgIpc) is 2.66. The molecule has 2 aliphatic rings. The minimum atomic E-state index is -0.0581. The Morgan fingerprint density at radius 2 is 2.16 bits per heavy atom. The van der Waals surface area contributed by atoms with E-state index in [0.717, 1.165) is 37.1 Å². The topological polar surface area (TPSA) is 23.6 Å². The van der Waals surface area contributed by atoms with Crippen LogP contribution in [0.2, 0.25) is 5.02 Å². The maximum absolute atomic E-state index is 12.5. The average molecular weight is 295 g/mol. The lowest BCUT2D eigenvalue weighted by atomic mass is 10.0. The van der Waals surface area contributed by atoms with Crippen molar-refractivity contribution in [2.45, 2.75) is 32.2 Å². The molecule has 0 saturated carbocycles. The molecule has 2 aliphatic heterocycles. The van der Waals surface area contributed by atoms with E-state index in [-0.39, 0.29) is 11.9 Å². The number of carbonyl (C=O) groups is 1. The Labute approximate surface area is 123 Å². The number of fused-ring (bicyclic) bond motifs is 1. The second-order valence-electron chi connectivity index (χ2n) is 5.09. The second-order valence-corrected chi connectivity index (χ2v) is 5.87. The summed E-state index contributed by atoms with van der Waals surface area (Å²) in [5.41, 5.74) is 1.78. The Hall–Kier alpha value is -1.13. The first kappa shape index (κ1) is 12.9. The fourth-order valence-electron chi connectivity index (χ4n) is 2.79. The summed E-state index contributed by atoms with van der Waals surface area (Å²) < 4.78 is 0. The lowest BCUT2D eigenvalue weighted by Gasteiger charge is -2.27. The van der Waals surface area contributed by atoms with Gasteiger partial charge >= 0.3 is 0 Å². The normalized spacial score (nSPS) is 22.9. The van der Waals surface area contributed by atoms with Crippen molar-refractivity contribution in [1.29, 1.82) is 0 Å². The number of carbonyl (C=O) groups excluding carboxylic acids is 1. The summed E-state index contributed by atoms with van der Waals surface area (Å²) in [7, 11) is 0. The molecule has 0 radical (unpaired) electrons. The summed E-state index contributed by atoms with van der Waals surface area (Å²) in [6.07, 6.45) is 3.11. The molecule has 2 heterocycles.